The van der Waals surface area contributed by atoms with Crippen molar-refractivity contribution in [3.05, 3.63) is 58.1 Å². The summed E-state index contributed by atoms with van der Waals surface area (Å²) in [6.07, 6.45) is 0.912. The molecule has 1 fully saturated rings. The van der Waals surface area contributed by atoms with E-state index in [2.05, 4.69) is 39.3 Å². The molecule has 0 spiro atoms. The van der Waals surface area contributed by atoms with Gasteiger partial charge in [-0.25, -0.2) is 0 Å². The highest BCUT2D eigenvalue weighted by Gasteiger charge is 2.18. The Bertz CT molecular complexity index is 1030. The number of rotatable bonds is 10. The van der Waals surface area contributed by atoms with Gasteiger partial charge in [-0.2, -0.15) is 0 Å². The van der Waals surface area contributed by atoms with Crippen LogP contribution in [-0.2, 0) is 16.1 Å². The minimum atomic E-state index is -0.113. The Balaban J connectivity index is 1.07. The van der Waals surface area contributed by atoms with Gasteiger partial charge in [-0.3, -0.25) is 9.69 Å². The maximum atomic E-state index is 12.0. The summed E-state index contributed by atoms with van der Waals surface area (Å²) in [5, 5.41) is 9.68. The summed E-state index contributed by atoms with van der Waals surface area (Å²) >= 11 is 7.76. The largest absolute Gasteiger partial charge is 0.369 e. The smallest absolute Gasteiger partial charge is 0.246 e. The van der Waals surface area contributed by atoms with Crippen molar-refractivity contribution < 1.29 is 14.1 Å². The normalized spacial score (nSPS) is 14.5. The summed E-state index contributed by atoms with van der Waals surface area (Å²) in [5.74, 6) is 0.606. The van der Waals surface area contributed by atoms with Crippen LogP contribution in [0.5, 0.6) is 0 Å². The lowest BCUT2D eigenvalue weighted by atomic mass is 10.1. The first-order valence-corrected chi connectivity index (χ1v) is 12.4. The number of halogens is 1. The second-order valence-corrected chi connectivity index (χ2v) is 9.50. The summed E-state index contributed by atoms with van der Waals surface area (Å²) in [4.78, 5) is 17.9. The summed E-state index contributed by atoms with van der Waals surface area (Å²) in [6, 6.07) is 11.8. The number of nitrogens with one attached hydrogen (secondary N) is 1. The predicted molar refractivity (Wildman–Crippen MR) is 132 cm³/mol. The van der Waals surface area contributed by atoms with Crippen molar-refractivity contribution in [1.82, 2.24) is 15.4 Å². The molecule has 0 unspecified atom stereocenters. The molecule has 9 heteroatoms. The second-order valence-electron chi connectivity index (χ2n) is 8.12. The minimum Gasteiger partial charge on any atom is -0.369 e. The molecule has 3 aromatic rings. The number of anilines is 1. The highest BCUT2D eigenvalue weighted by Crippen LogP contribution is 2.26. The van der Waals surface area contributed by atoms with Gasteiger partial charge in [-0.15, -0.1) is 11.3 Å². The van der Waals surface area contributed by atoms with Crippen LogP contribution in [-0.4, -0.2) is 61.8 Å². The van der Waals surface area contributed by atoms with Gasteiger partial charge >= 0.3 is 0 Å². The Hall–Kier alpha value is -2.39. The molecule has 0 bridgehead atoms. The first kappa shape index (κ1) is 23.8. The van der Waals surface area contributed by atoms with Crippen LogP contribution in [0.3, 0.4) is 0 Å². The first-order valence-electron chi connectivity index (χ1n) is 11.2. The van der Waals surface area contributed by atoms with E-state index in [0.29, 0.717) is 12.2 Å². The maximum Gasteiger partial charge on any atom is 0.246 e. The minimum absolute atomic E-state index is 0.0128. The van der Waals surface area contributed by atoms with E-state index in [1.807, 2.05) is 29.6 Å². The zero-order valence-corrected chi connectivity index (χ0v) is 20.3. The molecule has 176 valence electrons. The number of carbonyl (C=O) groups is 1. The number of amides is 1. The number of thiophene rings is 1. The van der Waals surface area contributed by atoms with Crippen LogP contribution in [0.1, 0.15) is 17.7 Å². The van der Waals surface area contributed by atoms with Crippen molar-refractivity contribution in [2.45, 2.75) is 20.0 Å². The molecule has 33 heavy (non-hydrogen) atoms. The van der Waals surface area contributed by atoms with Crippen LogP contribution in [0, 0.1) is 6.92 Å². The number of aryl methyl sites for hydroxylation is 1. The molecule has 2 aromatic heterocycles. The monoisotopic (exact) mass is 488 g/mol. The van der Waals surface area contributed by atoms with E-state index >= 15 is 0 Å². The third kappa shape index (κ3) is 6.80. The van der Waals surface area contributed by atoms with Crippen molar-refractivity contribution in [3.63, 3.8) is 0 Å². The SMILES string of the molecule is Cc1ccc(Cl)cc1N1CCN(CCCNC(=O)COCc2cc(-c3cccs3)on2)CC1. The number of benzene rings is 1. The average Bonchev–Trinajstić information content (AvgIpc) is 3.51. The van der Waals surface area contributed by atoms with Gasteiger partial charge in [0, 0.05) is 49.5 Å². The van der Waals surface area contributed by atoms with E-state index in [4.69, 9.17) is 20.9 Å². The molecule has 1 N–H and O–H groups in total. The van der Waals surface area contributed by atoms with E-state index in [0.717, 1.165) is 54.8 Å². The van der Waals surface area contributed by atoms with Gasteiger partial charge in [-0.1, -0.05) is 28.9 Å². The Morgan fingerprint density at radius 3 is 2.88 bits per heavy atom. The topological polar surface area (TPSA) is 70.8 Å². The van der Waals surface area contributed by atoms with Crippen molar-refractivity contribution in [2.24, 2.45) is 0 Å². The fourth-order valence-electron chi connectivity index (χ4n) is 3.88. The quantitative estimate of drug-likeness (QED) is 0.431. The zero-order valence-electron chi connectivity index (χ0n) is 18.8. The molecule has 3 heterocycles. The van der Waals surface area contributed by atoms with Gasteiger partial charge < -0.3 is 19.5 Å². The van der Waals surface area contributed by atoms with E-state index < -0.39 is 0 Å². The highest BCUT2D eigenvalue weighted by atomic mass is 35.5. The zero-order chi connectivity index (χ0) is 23.0. The maximum absolute atomic E-state index is 12.0. The highest BCUT2D eigenvalue weighted by molar-refractivity contribution is 7.13. The van der Waals surface area contributed by atoms with E-state index in [-0.39, 0.29) is 19.1 Å². The second kappa shape index (κ2) is 11.7. The Morgan fingerprint density at radius 2 is 2.09 bits per heavy atom. The molecule has 0 atom stereocenters. The molecule has 1 aliphatic rings. The number of hydrogen-bond acceptors (Lipinski definition) is 7. The van der Waals surface area contributed by atoms with Gasteiger partial charge in [0.05, 0.1) is 11.5 Å². The number of piperazine rings is 1. The van der Waals surface area contributed by atoms with Crippen LogP contribution in [0.4, 0.5) is 5.69 Å². The molecule has 7 nitrogen and oxygen atoms in total. The van der Waals surface area contributed by atoms with Gasteiger partial charge in [0.2, 0.25) is 5.91 Å². The third-order valence-electron chi connectivity index (χ3n) is 5.66. The summed E-state index contributed by atoms with van der Waals surface area (Å²) in [7, 11) is 0. The summed E-state index contributed by atoms with van der Waals surface area (Å²) < 4.78 is 10.8. The van der Waals surface area contributed by atoms with Crippen LogP contribution in [0.15, 0.2) is 46.3 Å². The molecule has 1 aliphatic heterocycles. The van der Waals surface area contributed by atoms with Crippen LogP contribution >= 0.6 is 22.9 Å². The lowest BCUT2D eigenvalue weighted by Gasteiger charge is -2.37. The molecule has 0 saturated carbocycles. The molecule has 0 radical (unpaired) electrons. The first-order chi connectivity index (χ1) is 16.1. The Labute approximate surface area is 203 Å². The molecule has 1 saturated heterocycles. The van der Waals surface area contributed by atoms with Crippen molar-refractivity contribution in [3.8, 4) is 10.6 Å². The number of ether oxygens (including phenoxy) is 1. The molecule has 1 amide bonds. The molecule has 1 aromatic carbocycles. The van der Waals surface area contributed by atoms with Crippen molar-refractivity contribution >= 4 is 34.5 Å². The van der Waals surface area contributed by atoms with Gasteiger partial charge in [0.1, 0.15) is 12.3 Å². The van der Waals surface area contributed by atoms with Crippen LogP contribution in [0.2, 0.25) is 5.02 Å². The standard InChI is InChI=1S/C24H29ClN4O3S/c1-18-5-6-19(25)14-21(18)29-11-9-28(10-12-29)8-3-7-26-24(30)17-31-16-20-15-22(32-27-20)23-4-2-13-33-23/h2,4-6,13-15H,3,7-12,16-17H2,1H3,(H,26,30). The van der Waals surface area contributed by atoms with Crippen LogP contribution < -0.4 is 10.2 Å². The van der Waals surface area contributed by atoms with E-state index in [1.165, 1.54) is 11.3 Å². The van der Waals surface area contributed by atoms with Crippen LogP contribution in [0.25, 0.3) is 10.6 Å². The number of carbonyl (C=O) groups excluding carboxylic acids is 1. The van der Waals surface area contributed by atoms with E-state index in [1.54, 1.807) is 11.3 Å². The predicted octanol–water partition coefficient (Wildman–Crippen LogP) is 4.21. The number of nitrogens with zero attached hydrogens (tertiary/aromatic N) is 3. The van der Waals surface area contributed by atoms with Crippen molar-refractivity contribution in [2.75, 3.05) is 50.8 Å². The molecular weight excluding hydrogens is 460 g/mol. The molecule has 0 aliphatic carbocycles. The third-order valence-corrected chi connectivity index (χ3v) is 6.78. The molecule has 4 rings (SSSR count). The van der Waals surface area contributed by atoms with Gasteiger partial charge in [0.15, 0.2) is 5.76 Å². The average molecular weight is 489 g/mol. The summed E-state index contributed by atoms with van der Waals surface area (Å²) in [5.41, 5.74) is 3.16. The molecular formula is C24H29ClN4O3S. The van der Waals surface area contributed by atoms with Crippen molar-refractivity contribution in [1.29, 1.82) is 0 Å². The van der Waals surface area contributed by atoms with Gasteiger partial charge in [0.25, 0.3) is 0 Å². The Kier molecular flexibility index (Phi) is 8.39. The Morgan fingerprint density at radius 1 is 1.24 bits per heavy atom. The lowest BCUT2D eigenvalue weighted by molar-refractivity contribution is -0.126. The number of hydrogen-bond donors (Lipinski definition) is 1. The number of aromatic nitrogens is 1. The summed E-state index contributed by atoms with van der Waals surface area (Å²) in [6.45, 7) is 7.98. The fourth-order valence-corrected chi connectivity index (χ4v) is 4.72. The van der Waals surface area contributed by atoms with E-state index in [9.17, 15) is 4.79 Å². The lowest BCUT2D eigenvalue weighted by Crippen LogP contribution is -2.47. The van der Waals surface area contributed by atoms with Gasteiger partial charge in [-0.05, 0) is 49.0 Å². The fraction of sp³-hybridized carbons (Fsp3) is 0.417.